The van der Waals surface area contributed by atoms with Gasteiger partial charge in [0.1, 0.15) is 0 Å². The monoisotopic (exact) mass is 291 g/mol. The first-order chi connectivity index (χ1) is 10.7. The second-order valence-corrected chi connectivity index (χ2v) is 5.87. The van der Waals surface area contributed by atoms with Gasteiger partial charge in [0.15, 0.2) is 0 Å². The van der Waals surface area contributed by atoms with E-state index in [9.17, 15) is 0 Å². The minimum atomic E-state index is 0.782. The summed E-state index contributed by atoms with van der Waals surface area (Å²) in [6.45, 7) is 3.88. The van der Waals surface area contributed by atoms with Gasteiger partial charge in [-0.3, -0.25) is 9.98 Å². The van der Waals surface area contributed by atoms with E-state index in [0.717, 1.165) is 23.8 Å². The van der Waals surface area contributed by atoms with Gasteiger partial charge in [-0.25, -0.2) is 0 Å². The van der Waals surface area contributed by atoms with Crippen molar-refractivity contribution in [3.63, 3.8) is 0 Å². The van der Waals surface area contributed by atoms with E-state index in [-0.39, 0.29) is 0 Å². The highest BCUT2D eigenvalue weighted by atomic mass is 15.1. The van der Waals surface area contributed by atoms with Crippen molar-refractivity contribution in [2.24, 2.45) is 4.99 Å². The Hall–Kier alpha value is -2.26. The molecule has 0 saturated heterocycles. The van der Waals surface area contributed by atoms with E-state index < -0.39 is 0 Å². The molecule has 0 aliphatic heterocycles. The average Bonchev–Trinajstić information content (AvgIpc) is 2.63. The minimum absolute atomic E-state index is 0.782. The highest BCUT2D eigenvalue weighted by Crippen LogP contribution is 2.18. The standard InChI is InChI=1S/C19H21N3/c1-14-12-15-8-9-20-13-18(15)19(21-10-11-22(2)3)17-7-5-4-6-16(14)17/h4-9,12-13H,10-11H2,1-3H3. The molecule has 0 amide bonds. The van der Waals surface area contributed by atoms with Gasteiger partial charge in [0.05, 0.1) is 11.9 Å². The molecule has 0 unspecified atom stereocenters. The van der Waals surface area contributed by atoms with Gasteiger partial charge in [-0.2, -0.15) is 0 Å². The second-order valence-electron chi connectivity index (χ2n) is 5.87. The van der Waals surface area contributed by atoms with Crippen molar-refractivity contribution < 1.29 is 0 Å². The van der Waals surface area contributed by atoms with Crippen LogP contribution in [0, 0.1) is 6.92 Å². The van der Waals surface area contributed by atoms with Gasteiger partial charge < -0.3 is 4.90 Å². The molecule has 0 aliphatic carbocycles. The van der Waals surface area contributed by atoms with E-state index in [1.54, 1.807) is 0 Å². The molecule has 0 spiro atoms. The number of nitrogens with zero attached hydrogens (tertiary/aromatic N) is 3. The number of rotatable bonds is 3. The van der Waals surface area contributed by atoms with Gasteiger partial charge in [-0.05, 0) is 43.4 Å². The maximum absolute atomic E-state index is 4.90. The van der Waals surface area contributed by atoms with Crippen LogP contribution in [-0.4, -0.2) is 37.1 Å². The molecule has 0 atom stereocenters. The zero-order valence-corrected chi connectivity index (χ0v) is 13.4. The minimum Gasteiger partial charge on any atom is -0.308 e. The molecule has 3 nitrogen and oxygen atoms in total. The summed E-state index contributed by atoms with van der Waals surface area (Å²) >= 11 is 0. The zero-order chi connectivity index (χ0) is 15.5. The number of aromatic nitrogens is 1. The lowest BCUT2D eigenvalue weighted by molar-refractivity contribution is 0.419. The SMILES string of the molecule is Cc1cc2ccncc2c(=NCCN(C)C)c2ccccc12. The van der Waals surface area contributed by atoms with Crippen molar-refractivity contribution in [3.8, 4) is 0 Å². The van der Waals surface area contributed by atoms with Crippen LogP contribution in [0.2, 0.25) is 0 Å². The molecule has 0 radical (unpaired) electrons. The molecule has 22 heavy (non-hydrogen) atoms. The zero-order valence-electron chi connectivity index (χ0n) is 13.4. The third-order valence-corrected chi connectivity index (χ3v) is 3.91. The van der Waals surface area contributed by atoms with Crippen molar-refractivity contribution >= 4 is 21.5 Å². The molecule has 3 aromatic rings. The fourth-order valence-electron chi connectivity index (χ4n) is 2.75. The van der Waals surface area contributed by atoms with Crippen molar-refractivity contribution in [2.45, 2.75) is 6.92 Å². The molecule has 2 aromatic carbocycles. The number of fused-ring (bicyclic) bond motifs is 2. The van der Waals surface area contributed by atoms with Crippen LogP contribution in [0.3, 0.4) is 0 Å². The first kappa shape index (κ1) is 14.7. The van der Waals surface area contributed by atoms with Crippen molar-refractivity contribution in [3.05, 3.63) is 59.7 Å². The van der Waals surface area contributed by atoms with Gasteiger partial charge in [-0.1, -0.05) is 30.3 Å². The molecule has 1 aromatic heterocycles. The summed E-state index contributed by atoms with van der Waals surface area (Å²) in [5.74, 6) is 0. The van der Waals surface area contributed by atoms with Crippen LogP contribution in [-0.2, 0) is 0 Å². The van der Waals surface area contributed by atoms with E-state index in [2.05, 4.69) is 67.3 Å². The summed E-state index contributed by atoms with van der Waals surface area (Å²) in [5.41, 5.74) is 1.26. The molecule has 3 heteroatoms. The Kier molecular flexibility index (Phi) is 4.16. The topological polar surface area (TPSA) is 28.5 Å². The molecule has 0 N–H and O–H groups in total. The lowest BCUT2D eigenvalue weighted by atomic mass is 10.1. The Morgan fingerprint density at radius 2 is 1.82 bits per heavy atom. The van der Waals surface area contributed by atoms with Gasteiger partial charge >= 0.3 is 0 Å². The normalized spacial score (nSPS) is 12.5. The summed E-state index contributed by atoms with van der Waals surface area (Å²) in [6.07, 6.45) is 3.77. The lowest BCUT2D eigenvalue weighted by Crippen LogP contribution is -2.17. The highest BCUT2D eigenvalue weighted by molar-refractivity contribution is 5.94. The molecular formula is C19H21N3. The van der Waals surface area contributed by atoms with E-state index in [1.165, 1.54) is 21.7 Å². The lowest BCUT2D eigenvalue weighted by Gasteiger charge is -2.05. The van der Waals surface area contributed by atoms with Gasteiger partial charge in [0, 0.05) is 29.7 Å². The maximum Gasteiger partial charge on any atom is 0.0747 e. The van der Waals surface area contributed by atoms with Crippen LogP contribution in [0.25, 0.3) is 21.5 Å². The predicted octanol–water partition coefficient (Wildman–Crippen LogP) is 3.16. The predicted molar refractivity (Wildman–Crippen MR) is 93.0 cm³/mol. The Morgan fingerprint density at radius 1 is 1.05 bits per heavy atom. The number of pyridine rings is 1. The third-order valence-electron chi connectivity index (χ3n) is 3.91. The van der Waals surface area contributed by atoms with Gasteiger partial charge in [0.25, 0.3) is 0 Å². The number of hydrogen-bond donors (Lipinski definition) is 0. The molecule has 3 rings (SSSR count). The van der Waals surface area contributed by atoms with Crippen LogP contribution in [0.5, 0.6) is 0 Å². The number of likely N-dealkylation sites (N-methyl/N-ethyl adjacent to an activating group) is 1. The maximum atomic E-state index is 4.90. The number of benzene rings is 1. The fourth-order valence-corrected chi connectivity index (χ4v) is 2.75. The Bertz CT molecular complexity index is 882. The molecular weight excluding hydrogens is 270 g/mol. The average molecular weight is 291 g/mol. The van der Waals surface area contributed by atoms with E-state index in [0.29, 0.717) is 0 Å². The molecule has 0 aliphatic rings. The summed E-state index contributed by atoms with van der Waals surface area (Å²) in [6, 6.07) is 12.8. The second kappa shape index (κ2) is 6.24. The van der Waals surface area contributed by atoms with Crippen molar-refractivity contribution in [1.29, 1.82) is 0 Å². The summed E-state index contributed by atoms with van der Waals surface area (Å²) in [7, 11) is 4.14. The molecule has 0 bridgehead atoms. The Balaban J connectivity index is 2.41. The molecule has 1 heterocycles. The fraction of sp³-hybridized carbons (Fsp3) is 0.263. The molecule has 112 valence electrons. The first-order valence-electron chi connectivity index (χ1n) is 7.58. The number of aryl methyl sites for hydroxylation is 1. The third kappa shape index (κ3) is 2.85. The van der Waals surface area contributed by atoms with E-state index >= 15 is 0 Å². The van der Waals surface area contributed by atoms with Gasteiger partial charge in [0.2, 0.25) is 0 Å². The molecule has 0 saturated carbocycles. The Labute approximate surface area is 131 Å². The van der Waals surface area contributed by atoms with Crippen LogP contribution in [0.4, 0.5) is 0 Å². The van der Waals surface area contributed by atoms with Crippen LogP contribution < -0.4 is 5.36 Å². The number of hydrogen-bond acceptors (Lipinski definition) is 3. The molecule has 0 fully saturated rings. The summed E-state index contributed by atoms with van der Waals surface area (Å²) < 4.78 is 0. The highest BCUT2D eigenvalue weighted by Gasteiger charge is 2.03. The van der Waals surface area contributed by atoms with Crippen LogP contribution in [0.15, 0.2) is 53.8 Å². The van der Waals surface area contributed by atoms with Crippen LogP contribution >= 0.6 is 0 Å². The quantitative estimate of drug-likeness (QED) is 0.741. The van der Waals surface area contributed by atoms with Crippen LogP contribution in [0.1, 0.15) is 5.56 Å². The van der Waals surface area contributed by atoms with Gasteiger partial charge in [-0.15, -0.1) is 0 Å². The largest absolute Gasteiger partial charge is 0.308 e. The smallest absolute Gasteiger partial charge is 0.0747 e. The van der Waals surface area contributed by atoms with E-state index in [1.807, 2.05) is 12.4 Å². The summed E-state index contributed by atoms with van der Waals surface area (Å²) in [4.78, 5) is 11.4. The summed E-state index contributed by atoms with van der Waals surface area (Å²) in [5, 5.41) is 5.80. The van der Waals surface area contributed by atoms with Crippen molar-refractivity contribution in [1.82, 2.24) is 9.88 Å². The van der Waals surface area contributed by atoms with E-state index in [4.69, 9.17) is 4.99 Å². The Morgan fingerprint density at radius 3 is 2.59 bits per heavy atom. The first-order valence-corrected chi connectivity index (χ1v) is 7.58. The van der Waals surface area contributed by atoms with Crippen molar-refractivity contribution in [2.75, 3.05) is 27.2 Å².